The molecule has 4 aromatic rings. The second kappa shape index (κ2) is 7.08. The second-order valence-electron chi connectivity index (χ2n) is 8.28. The molecule has 0 bridgehead atoms. The zero-order valence-electron chi connectivity index (χ0n) is 17.6. The molecule has 1 atom stereocenters. The van der Waals surface area contributed by atoms with Crippen LogP contribution in [-0.2, 0) is 6.42 Å². The fourth-order valence-corrected chi connectivity index (χ4v) is 6.05. The van der Waals surface area contributed by atoms with Crippen LogP contribution < -0.4 is 0 Å². The summed E-state index contributed by atoms with van der Waals surface area (Å²) in [5, 5.41) is 1.29. The number of aliphatic imine (C=N–C) groups is 1. The number of hydrogen-bond donors (Lipinski definition) is 0. The first kappa shape index (κ1) is 18.4. The molecule has 148 valence electrons. The summed E-state index contributed by atoms with van der Waals surface area (Å²) in [5.41, 5.74) is 16.6. The molecule has 0 amide bonds. The third kappa shape index (κ3) is 2.97. The zero-order chi connectivity index (χ0) is 20.9. The van der Waals surface area contributed by atoms with Crippen molar-refractivity contribution in [3.05, 3.63) is 105 Å². The van der Waals surface area contributed by atoms with E-state index in [1.807, 2.05) is 23.5 Å². The van der Waals surface area contributed by atoms with E-state index in [2.05, 4.69) is 86.0 Å². The van der Waals surface area contributed by atoms with Crippen molar-refractivity contribution >= 4 is 39.3 Å². The highest BCUT2D eigenvalue weighted by atomic mass is 32.1. The van der Waals surface area contributed by atoms with E-state index >= 15 is 0 Å². The molecule has 0 spiro atoms. The minimum atomic E-state index is 0.0928. The molecule has 2 aliphatic rings. The van der Waals surface area contributed by atoms with Gasteiger partial charge >= 0.3 is 0 Å². The third-order valence-corrected chi connectivity index (χ3v) is 7.58. The lowest BCUT2D eigenvalue weighted by atomic mass is 10.0. The van der Waals surface area contributed by atoms with Gasteiger partial charge in [0.1, 0.15) is 0 Å². The molecule has 0 radical (unpaired) electrons. The van der Waals surface area contributed by atoms with Gasteiger partial charge in [-0.05, 0) is 65.8 Å². The Morgan fingerprint density at radius 1 is 0.935 bits per heavy atom. The summed E-state index contributed by atoms with van der Waals surface area (Å²) in [6.07, 6.45) is 5.09. The highest BCUT2D eigenvalue weighted by Gasteiger charge is 2.19. The molecular formula is C29H21NS. The van der Waals surface area contributed by atoms with Gasteiger partial charge in [-0.2, -0.15) is 0 Å². The van der Waals surface area contributed by atoms with Gasteiger partial charge in [0.2, 0.25) is 0 Å². The lowest BCUT2D eigenvalue weighted by molar-refractivity contribution is 0.829. The van der Waals surface area contributed by atoms with Gasteiger partial charge in [0.25, 0.3) is 0 Å². The molecule has 1 unspecified atom stereocenters. The predicted molar refractivity (Wildman–Crippen MR) is 133 cm³/mol. The van der Waals surface area contributed by atoms with Crippen molar-refractivity contribution in [1.82, 2.24) is 0 Å². The maximum atomic E-state index is 5.12. The maximum Gasteiger partial charge on any atom is 0.0738 e. The number of benzene rings is 3. The Kier molecular flexibility index (Phi) is 4.19. The first-order chi connectivity index (χ1) is 15.2. The predicted octanol–water partition coefficient (Wildman–Crippen LogP) is 7.84. The van der Waals surface area contributed by atoms with Crippen LogP contribution in [0.2, 0.25) is 0 Å². The monoisotopic (exact) mass is 415 g/mol. The summed E-state index contributed by atoms with van der Waals surface area (Å²) in [5.74, 6) is 0. The lowest BCUT2D eigenvalue weighted by Gasteiger charge is -2.12. The molecule has 0 saturated carbocycles. The van der Waals surface area contributed by atoms with Crippen molar-refractivity contribution in [2.24, 2.45) is 4.99 Å². The van der Waals surface area contributed by atoms with Crippen molar-refractivity contribution in [2.75, 3.05) is 0 Å². The number of hydrogen-bond acceptors (Lipinski definition) is 2. The first-order valence-corrected chi connectivity index (χ1v) is 11.5. The molecule has 1 heterocycles. The van der Waals surface area contributed by atoms with E-state index in [1.165, 1.54) is 53.9 Å². The summed E-state index contributed by atoms with van der Waals surface area (Å²) < 4.78 is 1.32. The van der Waals surface area contributed by atoms with Crippen molar-refractivity contribution in [3.63, 3.8) is 0 Å². The highest BCUT2D eigenvalue weighted by Crippen LogP contribution is 2.39. The summed E-state index contributed by atoms with van der Waals surface area (Å²) in [6.45, 7) is 4.33. The average Bonchev–Trinajstić information content (AvgIpc) is 3.36. The van der Waals surface area contributed by atoms with Crippen LogP contribution in [0.25, 0.3) is 33.4 Å². The van der Waals surface area contributed by atoms with Crippen molar-refractivity contribution in [2.45, 2.75) is 26.3 Å². The Balaban J connectivity index is 1.36. The van der Waals surface area contributed by atoms with E-state index in [-0.39, 0.29) is 6.04 Å². The number of fused-ring (bicyclic) bond motifs is 6. The van der Waals surface area contributed by atoms with Gasteiger partial charge in [-0.15, -0.1) is 11.3 Å². The highest BCUT2D eigenvalue weighted by molar-refractivity contribution is 7.20. The molecular weight excluding hydrogens is 394 g/mol. The van der Waals surface area contributed by atoms with Crippen LogP contribution in [0.3, 0.4) is 0 Å². The summed E-state index contributed by atoms with van der Waals surface area (Å²) in [6, 6.07) is 22.2. The van der Waals surface area contributed by atoms with E-state index in [0.717, 1.165) is 12.1 Å². The molecule has 31 heavy (non-hydrogen) atoms. The Bertz CT molecular complexity index is 1500. The molecule has 0 fully saturated rings. The van der Waals surface area contributed by atoms with Crippen LogP contribution in [-0.4, -0.2) is 5.71 Å². The minimum Gasteiger partial charge on any atom is -0.282 e. The SMILES string of the molecule is CC(=NC(C)c1cccc2c3c(sc12)C=C=C=C3)c1ccc2c(c1)Cc1ccccc1-2. The van der Waals surface area contributed by atoms with Crippen LogP contribution >= 0.6 is 11.3 Å². The summed E-state index contributed by atoms with van der Waals surface area (Å²) >= 11 is 1.83. The Morgan fingerprint density at radius 2 is 1.77 bits per heavy atom. The molecule has 1 aromatic heterocycles. The second-order valence-corrected chi connectivity index (χ2v) is 9.33. The maximum absolute atomic E-state index is 5.12. The van der Waals surface area contributed by atoms with Crippen LogP contribution in [0.5, 0.6) is 0 Å². The zero-order valence-corrected chi connectivity index (χ0v) is 18.4. The molecule has 3 aromatic carbocycles. The third-order valence-electron chi connectivity index (χ3n) is 6.37. The van der Waals surface area contributed by atoms with Gasteiger partial charge < -0.3 is 0 Å². The molecule has 2 aliphatic carbocycles. The van der Waals surface area contributed by atoms with Gasteiger partial charge in [0.15, 0.2) is 0 Å². The van der Waals surface area contributed by atoms with Crippen LogP contribution in [0, 0.1) is 0 Å². The lowest BCUT2D eigenvalue weighted by Crippen LogP contribution is -2.00. The van der Waals surface area contributed by atoms with Crippen molar-refractivity contribution in [1.29, 1.82) is 0 Å². The van der Waals surface area contributed by atoms with Gasteiger partial charge in [0, 0.05) is 32.3 Å². The largest absolute Gasteiger partial charge is 0.282 e. The Labute approximate surface area is 186 Å². The summed E-state index contributed by atoms with van der Waals surface area (Å²) in [4.78, 5) is 6.38. The molecule has 6 rings (SSSR count). The fraction of sp³-hybridized carbons (Fsp3) is 0.138. The quantitative estimate of drug-likeness (QED) is 0.206. The minimum absolute atomic E-state index is 0.0928. The Morgan fingerprint density at radius 3 is 2.71 bits per heavy atom. The topological polar surface area (TPSA) is 12.4 Å². The van der Waals surface area contributed by atoms with Gasteiger partial charge in [-0.1, -0.05) is 66.1 Å². The molecule has 0 N–H and O–H groups in total. The normalized spacial score (nSPS) is 14.6. The fourth-order valence-electron chi connectivity index (χ4n) is 4.79. The standard InChI is InChI=1S/C29H21NS/c1-18(20-14-15-25-22(16-20)17-21-8-3-4-9-24(21)25)30-19(2)23-11-7-12-27-26-10-5-6-13-28(26)31-29(23)27/h3-4,7-16,19H,17H2,1-2H3. The van der Waals surface area contributed by atoms with E-state index in [0.29, 0.717) is 0 Å². The average molecular weight is 416 g/mol. The van der Waals surface area contributed by atoms with E-state index in [4.69, 9.17) is 4.99 Å². The van der Waals surface area contributed by atoms with Crippen LogP contribution in [0.4, 0.5) is 0 Å². The number of rotatable bonds is 3. The van der Waals surface area contributed by atoms with Crippen LogP contribution in [0.1, 0.15) is 52.6 Å². The molecule has 0 saturated heterocycles. The summed E-state index contributed by atoms with van der Waals surface area (Å²) in [7, 11) is 0. The first-order valence-electron chi connectivity index (χ1n) is 10.7. The number of nitrogens with zero attached hydrogens (tertiary/aromatic N) is 1. The number of thiophene rings is 1. The van der Waals surface area contributed by atoms with Crippen molar-refractivity contribution in [3.8, 4) is 11.1 Å². The van der Waals surface area contributed by atoms with Gasteiger partial charge in [-0.25, -0.2) is 0 Å². The van der Waals surface area contributed by atoms with Crippen LogP contribution in [0.15, 0.2) is 77.1 Å². The smallest absolute Gasteiger partial charge is 0.0738 e. The Hall–Kier alpha value is -3.41. The molecule has 1 nitrogen and oxygen atoms in total. The molecule has 0 aliphatic heterocycles. The van der Waals surface area contributed by atoms with E-state index < -0.39 is 0 Å². The van der Waals surface area contributed by atoms with Gasteiger partial charge in [0.05, 0.1) is 6.04 Å². The van der Waals surface area contributed by atoms with E-state index in [9.17, 15) is 0 Å². The van der Waals surface area contributed by atoms with E-state index in [1.54, 1.807) is 0 Å². The molecule has 2 heteroatoms. The van der Waals surface area contributed by atoms with Crippen molar-refractivity contribution < 1.29 is 0 Å². The van der Waals surface area contributed by atoms with Gasteiger partial charge in [-0.3, -0.25) is 4.99 Å².